The maximum atomic E-state index is 13.8. The van der Waals surface area contributed by atoms with Gasteiger partial charge in [-0.1, -0.05) is 37.8 Å². The zero-order valence-corrected chi connectivity index (χ0v) is 15.8. The van der Waals surface area contributed by atoms with Gasteiger partial charge in [-0.25, -0.2) is 8.78 Å². The number of carbonyl (C=O) groups is 2. The van der Waals surface area contributed by atoms with Crippen LogP contribution >= 0.6 is 0 Å². The minimum absolute atomic E-state index is 0.0229. The number of hydrogen-bond donors (Lipinski definition) is 2. The monoisotopic (exact) mass is 385 g/mol. The first kappa shape index (κ1) is 23.1. The Morgan fingerprint density at radius 2 is 2.04 bits per heavy atom. The van der Waals surface area contributed by atoms with Gasteiger partial charge < -0.3 is 15.1 Å². The van der Waals surface area contributed by atoms with E-state index >= 15 is 0 Å². The number of aliphatic hydroxyl groups is 1. The van der Waals surface area contributed by atoms with Crippen LogP contribution in [0.25, 0.3) is 0 Å². The second-order valence-corrected chi connectivity index (χ2v) is 6.73. The number of carboxylic acids is 1. The van der Waals surface area contributed by atoms with E-state index in [-0.39, 0.29) is 18.4 Å². The fourth-order valence-electron chi connectivity index (χ4n) is 2.94. The average Bonchev–Trinajstić information content (AvgIpc) is 2.95. The van der Waals surface area contributed by atoms with Crippen LogP contribution < -0.4 is 0 Å². The van der Waals surface area contributed by atoms with Crippen LogP contribution in [0.2, 0.25) is 0 Å². The number of halogens is 2. The quantitative estimate of drug-likeness (QED) is 0.325. The van der Waals surface area contributed by atoms with Crippen molar-refractivity contribution >= 4 is 11.9 Å². The number of nitrogens with zero attached hydrogens (tertiary/aromatic N) is 1. The molecule has 0 unspecified atom stereocenters. The smallest absolute Gasteiger partial charge is 0.303 e. The van der Waals surface area contributed by atoms with Crippen molar-refractivity contribution in [1.82, 2.24) is 4.90 Å². The van der Waals surface area contributed by atoms with Gasteiger partial charge in [0.05, 0.1) is 12.5 Å². The highest BCUT2D eigenvalue weighted by Gasteiger charge is 2.36. The molecular weight excluding hydrogens is 356 g/mol. The second-order valence-electron chi connectivity index (χ2n) is 6.73. The molecule has 0 radical (unpaired) electrons. The Morgan fingerprint density at radius 3 is 2.70 bits per heavy atom. The molecule has 1 aliphatic rings. The molecule has 0 aromatic carbocycles. The topological polar surface area (TPSA) is 77.8 Å². The highest BCUT2D eigenvalue weighted by atomic mass is 19.3. The zero-order valence-electron chi connectivity index (χ0n) is 15.8. The molecule has 0 bridgehead atoms. The van der Waals surface area contributed by atoms with Crippen LogP contribution in [-0.2, 0) is 9.59 Å². The van der Waals surface area contributed by atoms with E-state index in [4.69, 9.17) is 5.11 Å². The van der Waals surface area contributed by atoms with Gasteiger partial charge >= 0.3 is 5.97 Å². The SMILES string of the molecule is CCC#CCC(F)(F)[C@H](O)C=C[C@H]1CCC(=O)N1CCCCCCC(=O)O. The molecule has 1 heterocycles. The lowest BCUT2D eigenvalue weighted by molar-refractivity contribution is -0.137. The Morgan fingerprint density at radius 1 is 1.33 bits per heavy atom. The summed E-state index contributed by atoms with van der Waals surface area (Å²) < 4.78 is 27.7. The van der Waals surface area contributed by atoms with Gasteiger partial charge in [-0.3, -0.25) is 9.59 Å². The maximum absolute atomic E-state index is 13.8. The maximum Gasteiger partial charge on any atom is 0.303 e. The lowest BCUT2D eigenvalue weighted by Crippen LogP contribution is -2.34. The van der Waals surface area contributed by atoms with Crippen molar-refractivity contribution in [3.05, 3.63) is 12.2 Å². The van der Waals surface area contributed by atoms with Gasteiger partial charge in [0.2, 0.25) is 5.91 Å². The zero-order chi connectivity index (χ0) is 20.3. The second kappa shape index (κ2) is 11.7. The number of rotatable bonds is 11. The lowest BCUT2D eigenvalue weighted by Gasteiger charge is -2.23. The third-order valence-corrected chi connectivity index (χ3v) is 4.49. The fraction of sp³-hybridized carbons (Fsp3) is 0.700. The first-order valence-electron chi connectivity index (χ1n) is 9.49. The van der Waals surface area contributed by atoms with E-state index < -0.39 is 24.4 Å². The highest BCUT2D eigenvalue weighted by molar-refractivity contribution is 5.79. The third kappa shape index (κ3) is 8.53. The first-order valence-corrected chi connectivity index (χ1v) is 9.49. The van der Waals surface area contributed by atoms with E-state index in [1.807, 2.05) is 0 Å². The molecule has 7 heteroatoms. The molecule has 1 saturated heterocycles. The van der Waals surface area contributed by atoms with Gasteiger partial charge in [0.1, 0.15) is 6.10 Å². The molecule has 0 aliphatic carbocycles. The summed E-state index contributed by atoms with van der Waals surface area (Å²) in [6, 6.07) is -0.288. The van der Waals surface area contributed by atoms with E-state index in [1.54, 1.807) is 11.8 Å². The normalized spacial score (nSPS) is 18.6. The summed E-state index contributed by atoms with van der Waals surface area (Å²) in [7, 11) is 0. The van der Waals surface area contributed by atoms with Crippen LogP contribution in [0.3, 0.4) is 0 Å². The predicted molar refractivity (Wildman–Crippen MR) is 98.2 cm³/mol. The van der Waals surface area contributed by atoms with Crippen molar-refractivity contribution in [2.75, 3.05) is 6.54 Å². The van der Waals surface area contributed by atoms with Gasteiger partial charge in [0.15, 0.2) is 0 Å². The Kier molecular flexibility index (Phi) is 10.0. The van der Waals surface area contributed by atoms with Crippen molar-refractivity contribution in [1.29, 1.82) is 0 Å². The minimum atomic E-state index is -3.32. The van der Waals surface area contributed by atoms with Gasteiger partial charge in [0, 0.05) is 25.8 Å². The molecule has 0 aromatic rings. The number of hydrogen-bond acceptors (Lipinski definition) is 3. The molecule has 152 valence electrons. The number of alkyl halides is 2. The van der Waals surface area contributed by atoms with Crippen LogP contribution in [-0.4, -0.2) is 51.6 Å². The number of likely N-dealkylation sites (tertiary alicyclic amines) is 1. The van der Waals surface area contributed by atoms with E-state index in [0.29, 0.717) is 32.2 Å². The van der Waals surface area contributed by atoms with Crippen LogP contribution in [0.5, 0.6) is 0 Å². The number of carboxylic acid groups (broad SMARTS) is 1. The summed E-state index contributed by atoms with van der Waals surface area (Å²) in [5.41, 5.74) is 0. The van der Waals surface area contributed by atoms with Gasteiger partial charge in [-0.15, -0.1) is 5.92 Å². The highest BCUT2D eigenvalue weighted by Crippen LogP contribution is 2.26. The van der Waals surface area contributed by atoms with Gasteiger partial charge in [-0.2, -0.15) is 0 Å². The number of unbranched alkanes of at least 4 members (excludes halogenated alkanes) is 3. The van der Waals surface area contributed by atoms with Crippen molar-refractivity contribution in [2.24, 2.45) is 0 Å². The largest absolute Gasteiger partial charge is 0.481 e. The van der Waals surface area contributed by atoms with Crippen LogP contribution in [0, 0.1) is 11.8 Å². The van der Waals surface area contributed by atoms with E-state index in [0.717, 1.165) is 25.3 Å². The predicted octanol–water partition coefficient (Wildman–Crippen LogP) is 3.37. The Balaban J connectivity index is 2.48. The molecule has 0 aromatic heterocycles. The molecule has 1 amide bonds. The number of aliphatic carboxylic acids is 1. The Bertz CT molecular complexity index is 580. The Labute approximate surface area is 159 Å². The molecular formula is C20H29F2NO4. The van der Waals surface area contributed by atoms with Crippen molar-refractivity contribution in [2.45, 2.75) is 82.8 Å². The number of amides is 1. The summed E-state index contributed by atoms with van der Waals surface area (Å²) in [5, 5.41) is 18.3. The molecule has 2 atom stereocenters. The molecule has 0 saturated carbocycles. The molecule has 2 N–H and O–H groups in total. The van der Waals surface area contributed by atoms with Crippen molar-refractivity contribution in [3.8, 4) is 11.8 Å². The Hall–Kier alpha value is -1.94. The van der Waals surface area contributed by atoms with Crippen molar-refractivity contribution in [3.63, 3.8) is 0 Å². The summed E-state index contributed by atoms with van der Waals surface area (Å²) in [5.74, 6) is 0.759. The molecule has 1 fully saturated rings. The van der Waals surface area contributed by atoms with Crippen LogP contribution in [0.1, 0.15) is 64.7 Å². The van der Waals surface area contributed by atoms with Gasteiger partial charge in [-0.05, 0) is 19.3 Å². The molecule has 0 spiro atoms. The molecule has 1 rings (SSSR count). The van der Waals surface area contributed by atoms with Crippen molar-refractivity contribution < 1.29 is 28.6 Å². The minimum Gasteiger partial charge on any atom is -0.481 e. The number of aliphatic hydroxyl groups excluding tert-OH is 1. The molecule has 1 aliphatic heterocycles. The fourth-order valence-corrected chi connectivity index (χ4v) is 2.94. The van der Waals surface area contributed by atoms with E-state index in [2.05, 4.69) is 11.8 Å². The summed E-state index contributed by atoms with van der Waals surface area (Å²) in [4.78, 5) is 24.1. The third-order valence-electron chi connectivity index (χ3n) is 4.49. The molecule has 5 nitrogen and oxygen atoms in total. The average molecular weight is 385 g/mol. The van der Waals surface area contributed by atoms with Gasteiger partial charge in [0.25, 0.3) is 5.92 Å². The lowest BCUT2D eigenvalue weighted by atomic mass is 10.1. The number of carbonyl (C=O) groups excluding carboxylic acids is 1. The van der Waals surface area contributed by atoms with E-state index in [9.17, 15) is 23.5 Å². The van der Waals surface area contributed by atoms with E-state index in [1.165, 1.54) is 6.08 Å². The van der Waals surface area contributed by atoms with Crippen LogP contribution in [0.4, 0.5) is 8.78 Å². The standard InChI is InChI=1S/C20H29F2NO4/c1-2-3-7-14-20(21,22)17(24)12-10-16-11-13-18(25)23(16)15-8-5-4-6-9-19(26)27/h10,12,16-17,24H,2,4-6,8-9,11,13-15H2,1H3,(H,26,27)/t16-,17+/m0/s1. The van der Waals surface area contributed by atoms with Crippen LogP contribution in [0.15, 0.2) is 12.2 Å². The summed E-state index contributed by atoms with van der Waals surface area (Å²) in [6.07, 6.45) is 4.38. The summed E-state index contributed by atoms with van der Waals surface area (Å²) in [6.45, 7) is 2.27. The first-order chi connectivity index (χ1) is 12.8. The molecule has 27 heavy (non-hydrogen) atoms. The summed E-state index contributed by atoms with van der Waals surface area (Å²) >= 11 is 0.